The maximum absolute atomic E-state index is 10.3. The SMILES string of the molecule is NC(=O)C1=NC(=S(=O)=O)C=N1. The molecular formula is C4H3N3O3S. The van der Waals surface area contributed by atoms with Gasteiger partial charge < -0.3 is 5.73 Å². The molecule has 58 valence electrons. The van der Waals surface area contributed by atoms with E-state index in [4.69, 9.17) is 5.73 Å². The molecule has 1 aliphatic rings. The van der Waals surface area contributed by atoms with E-state index in [0.29, 0.717) is 0 Å². The summed E-state index contributed by atoms with van der Waals surface area (Å²) in [5.74, 6) is -1.13. The number of nitrogens with two attached hydrogens (primary N) is 1. The summed E-state index contributed by atoms with van der Waals surface area (Å²) in [5, 5.41) is 0. The molecule has 11 heavy (non-hydrogen) atoms. The monoisotopic (exact) mass is 173 g/mol. The molecule has 2 N–H and O–H groups in total. The van der Waals surface area contributed by atoms with Crippen LogP contribution in [-0.4, -0.2) is 31.4 Å². The van der Waals surface area contributed by atoms with Crippen molar-refractivity contribution in [1.29, 1.82) is 0 Å². The fourth-order valence-electron chi connectivity index (χ4n) is 0.477. The van der Waals surface area contributed by atoms with Crippen molar-refractivity contribution in [2.24, 2.45) is 15.7 Å². The summed E-state index contributed by atoms with van der Waals surface area (Å²) in [6.07, 6.45) is 0.962. The summed E-state index contributed by atoms with van der Waals surface area (Å²) in [6, 6.07) is 0. The van der Waals surface area contributed by atoms with Crippen LogP contribution in [0.4, 0.5) is 0 Å². The number of primary amides is 1. The van der Waals surface area contributed by atoms with Gasteiger partial charge in [0.15, 0.2) is 0 Å². The first-order chi connectivity index (χ1) is 5.11. The molecule has 0 spiro atoms. The molecule has 0 radical (unpaired) electrons. The first-order valence-electron chi connectivity index (χ1n) is 2.50. The van der Waals surface area contributed by atoms with Crippen LogP contribution in [0, 0.1) is 0 Å². The number of aliphatic imine (C=N–C) groups is 2. The van der Waals surface area contributed by atoms with Gasteiger partial charge in [0.25, 0.3) is 5.91 Å². The summed E-state index contributed by atoms with van der Waals surface area (Å²) < 4.78 is 20.4. The van der Waals surface area contributed by atoms with Crippen molar-refractivity contribution in [2.75, 3.05) is 0 Å². The first kappa shape index (κ1) is 7.61. The number of amidine groups is 1. The number of nitrogens with zero attached hydrogens (tertiary/aromatic N) is 2. The highest BCUT2D eigenvalue weighted by Gasteiger charge is 2.12. The molecule has 0 bridgehead atoms. The Balaban J connectivity index is 3.17. The standard InChI is InChI=1S/C4H3N3O3S/c5-3(8)4-6-1-2(7-4)11(9)10/h1H,(H2,5,8). The maximum Gasteiger partial charge on any atom is 0.286 e. The lowest BCUT2D eigenvalue weighted by Crippen LogP contribution is -2.20. The van der Waals surface area contributed by atoms with E-state index in [9.17, 15) is 13.2 Å². The molecule has 0 saturated carbocycles. The fraction of sp³-hybridized carbons (Fsp3) is 0. The third-order valence-electron chi connectivity index (χ3n) is 0.905. The Morgan fingerprint density at radius 3 is 2.45 bits per heavy atom. The number of carbonyl (C=O) groups excluding carboxylic acids is 1. The van der Waals surface area contributed by atoms with Crippen LogP contribution in [0.5, 0.6) is 0 Å². The molecule has 6 nitrogen and oxygen atoms in total. The highest BCUT2D eigenvalue weighted by atomic mass is 32.2. The predicted molar refractivity (Wildman–Crippen MR) is 39.0 cm³/mol. The van der Waals surface area contributed by atoms with Gasteiger partial charge in [0.1, 0.15) is 0 Å². The normalized spacial score (nSPS) is 14.9. The Kier molecular flexibility index (Phi) is 1.81. The van der Waals surface area contributed by atoms with E-state index >= 15 is 0 Å². The summed E-state index contributed by atoms with van der Waals surface area (Å²) in [6.45, 7) is 0. The average Bonchev–Trinajstić information content (AvgIpc) is 2.33. The van der Waals surface area contributed by atoms with E-state index in [0.717, 1.165) is 6.21 Å². The van der Waals surface area contributed by atoms with Gasteiger partial charge in [-0.15, -0.1) is 0 Å². The van der Waals surface area contributed by atoms with Gasteiger partial charge in [-0.05, 0) is 0 Å². The Morgan fingerprint density at radius 2 is 2.18 bits per heavy atom. The lowest BCUT2D eigenvalue weighted by Gasteiger charge is -1.82. The topological polar surface area (TPSA) is 102 Å². The van der Waals surface area contributed by atoms with Crippen molar-refractivity contribution < 1.29 is 13.2 Å². The fourth-order valence-corrected chi connectivity index (χ4v) is 0.777. The quantitative estimate of drug-likeness (QED) is 0.462. The van der Waals surface area contributed by atoms with Gasteiger partial charge in [0, 0.05) is 0 Å². The molecule has 0 fully saturated rings. The second-order valence-electron chi connectivity index (χ2n) is 1.63. The Bertz CT molecular complexity index is 381. The summed E-state index contributed by atoms with van der Waals surface area (Å²) in [7, 11) is -2.46. The van der Waals surface area contributed by atoms with Crippen molar-refractivity contribution in [2.45, 2.75) is 0 Å². The zero-order valence-electron chi connectivity index (χ0n) is 5.18. The van der Waals surface area contributed by atoms with Crippen LogP contribution >= 0.6 is 0 Å². The molecule has 1 amide bonds. The van der Waals surface area contributed by atoms with Gasteiger partial charge in [0.2, 0.25) is 21.1 Å². The second-order valence-corrected chi connectivity index (χ2v) is 2.52. The minimum Gasteiger partial charge on any atom is -0.363 e. The van der Waals surface area contributed by atoms with Crippen molar-refractivity contribution >= 4 is 33.2 Å². The smallest absolute Gasteiger partial charge is 0.286 e. The molecule has 0 aromatic carbocycles. The number of hydrogen-bond acceptors (Lipinski definition) is 4. The van der Waals surface area contributed by atoms with Crippen LogP contribution in [0.25, 0.3) is 0 Å². The molecule has 0 aromatic heterocycles. The molecule has 0 aromatic rings. The minimum absolute atomic E-state index is 0.279. The van der Waals surface area contributed by atoms with Crippen LogP contribution in [0.1, 0.15) is 0 Å². The van der Waals surface area contributed by atoms with Crippen LogP contribution in [0.2, 0.25) is 0 Å². The van der Waals surface area contributed by atoms with Gasteiger partial charge >= 0.3 is 0 Å². The summed E-state index contributed by atoms with van der Waals surface area (Å²) >= 11 is 0. The van der Waals surface area contributed by atoms with Gasteiger partial charge in [-0.25, -0.2) is 9.98 Å². The lowest BCUT2D eigenvalue weighted by atomic mass is 10.6. The molecule has 0 unspecified atom stereocenters. The van der Waals surface area contributed by atoms with Crippen LogP contribution in [-0.2, 0) is 15.1 Å². The zero-order valence-corrected chi connectivity index (χ0v) is 6.00. The van der Waals surface area contributed by atoms with E-state index in [2.05, 4.69) is 9.98 Å². The molecule has 1 aliphatic heterocycles. The minimum atomic E-state index is -2.46. The van der Waals surface area contributed by atoms with E-state index in [1.54, 1.807) is 0 Å². The van der Waals surface area contributed by atoms with Gasteiger partial charge in [0.05, 0.1) is 6.21 Å². The van der Waals surface area contributed by atoms with Gasteiger partial charge in [-0.1, -0.05) is 0 Å². The summed E-state index contributed by atoms with van der Waals surface area (Å²) in [5.41, 5.74) is 4.76. The lowest BCUT2D eigenvalue weighted by molar-refractivity contribution is -0.112. The second kappa shape index (κ2) is 2.62. The van der Waals surface area contributed by atoms with Crippen LogP contribution in [0.3, 0.4) is 0 Å². The van der Waals surface area contributed by atoms with Gasteiger partial charge in [-0.2, -0.15) is 8.42 Å². The molecule has 0 aliphatic carbocycles. The Morgan fingerprint density at radius 1 is 1.55 bits per heavy atom. The van der Waals surface area contributed by atoms with Crippen molar-refractivity contribution in [1.82, 2.24) is 0 Å². The molecule has 1 rings (SSSR count). The van der Waals surface area contributed by atoms with Crippen molar-refractivity contribution in [3.05, 3.63) is 0 Å². The Labute approximate surface area is 63.0 Å². The zero-order chi connectivity index (χ0) is 8.43. The third kappa shape index (κ3) is 1.49. The molecule has 0 saturated heterocycles. The predicted octanol–water partition coefficient (Wildman–Crippen LogP) is -2.04. The summed E-state index contributed by atoms with van der Waals surface area (Å²) in [4.78, 5) is 16.7. The van der Waals surface area contributed by atoms with Crippen LogP contribution < -0.4 is 5.73 Å². The van der Waals surface area contributed by atoms with Gasteiger partial charge in [-0.3, -0.25) is 4.79 Å². The van der Waals surface area contributed by atoms with E-state index in [1.807, 2.05) is 0 Å². The largest absolute Gasteiger partial charge is 0.363 e. The molecule has 1 heterocycles. The number of rotatable bonds is 1. The number of carbonyl (C=O) groups is 1. The van der Waals surface area contributed by atoms with E-state index in [1.165, 1.54) is 0 Å². The third-order valence-corrected chi connectivity index (χ3v) is 1.44. The number of hydrogen-bond donors (Lipinski definition) is 1. The van der Waals surface area contributed by atoms with Crippen molar-refractivity contribution in [3.63, 3.8) is 0 Å². The molecular weight excluding hydrogens is 170 g/mol. The van der Waals surface area contributed by atoms with Crippen molar-refractivity contribution in [3.8, 4) is 0 Å². The Hall–Kier alpha value is -1.50. The van der Waals surface area contributed by atoms with Crippen LogP contribution in [0.15, 0.2) is 9.98 Å². The molecule has 7 heteroatoms. The highest BCUT2D eigenvalue weighted by Crippen LogP contribution is 1.90. The average molecular weight is 173 g/mol. The maximum atomic E-state index is 10.3. The molecule has 0 atom stereocenters. The highest BCUT2D eigenvalue weighted by molar-refractivity contribution is 7.74. The first-order valence-corrected chi connectivity index (χ1v) is 3.57. The van der Waals surface area contributed by atoms with E-state index < -0.39 is 16.2 Å². The number of amides is 1. The van der Waals surface area contributed by atoms with E-state index in [-0.39, 0.29) is 10.8 Å².